The highest BCUT2D eigenvalue weighted by Crippen LogP contribution is 2.42. The molecule has 0 saturated carbocycles. The van der Waals surface area contributed by atoms with Crippen LogP contribution in [0.2, 0.25) is 0 Å². The lowest BCUT2D eigenvalue weighted by Gasteiger charge is -2.49. The fourth-order valence-electron chi connectivity index (χ4n) is 4.93. The lowest BCUT2D eigenvalue weighted by atomic mass is 9.83. The lowest BCUT2D eigenvalue weighted by molar-refractivity contribution is -0.193. The monoisotopic (exact) mass is 620 g/mol. The number of halogens is 6. The highest BCUT2D eigenvalue weighted by atomic mass is 19.4. The second-order valence-corrected chi connectivity index (χ2v) is 9.81. The summed E-state index contributed by atoms with van der Waals surface area (Å²) in [4.78, 5) is 27.8. The van der Waals surface area contributed by atoms with E-state index in [9.17, 15) is 26.3 Å². The van der Waals surface area contributed by atoms with Crippen LogP contribution < -0.4 is 4.74 Å². The van der Waals surface area contributed by atoms with Gasteiger partial charge in [0.2, 0.25) is 0 Å². The number of fused-ring (bicyclic) bond motifs is 2. The van der Waals surface area contributed by atoms with Crippen LogP contribution in [-0.4, -0.2) is 87.6 Å². The van der Waals surface area contributed by atoms with Crippen molar-refractivity contribution in [2.45, 2.75) is 43.8 Å². The maximum atomic E-state index is 10.6. The van der Waals surface area contributed by atoms with Gasteiger partial charge in [-0.1, -0.05) is 0 Å². The van der Waals surface area contributed by atoms with Gasteiger partial charge >= 0.3 is 24.3 Å². The number of nitrogens with zero attached hydrogens (tertiary/aromatic N) is 4. The maximum absolute atomic E-state index is 10.6. The average Bonchev–Trinajstić information content (AvgIpc) is 3.62. The standard InChI is InChI=1S/C23H28N4O2.2C2HF3O2/c1-25-12-13-27-21(19-3-5-20(28-2)6-4-19)15-24-22(27)23(25)8-10-26(11-9-23)16-18-7-14-29-17-18;2*3-2(4,5)1(6)7/h3-7,14-15,17H,8-13,16H2,1-2H3;2*(H,6,7). The van der Waals surface area contributed by atoms with E-state index in [-0.39, 0.29) is 5.54 Å². The number of methoxy groups -OCH3 is 1. The molecule has 43 heavy (non-hydrogen) atoms. The Kier molecular flexibility index (Phi) is 10.5. The first kappa shape index (κ1) is 33.5. The zero-order valence-corrected chi connectivity index (χ0v) is 23.2. The number of imidazole rings is 1. The fraction of sp³-hybridized carbons (Fsp3) is 0.444. The summed E-state index contributed by atoms with van der Waals surface area (Å²) in [7, 11) is 3.96. The van der Waals surface area contributed by atoms with Crippen LogP contribution >= 0.6 is 0 Å². The highest BCUT2D eigenvalue weighted by Gasteiger charge is 2.45. The number of carboxylic acid groups (broad SMARTS) is 2. The first-order valence-corrected chi connectivity index (χ1v) is 12.8. The van der Waals surface area contributed by atoms with Gasteiger partial charge < -0.3 is 23.9 Å². The summed E-state index contributed by atoms with van der Waals surface area (Å²) in [5, 5.41) is 14.2. The van der Waals surface area contributed by atoms with E-state index in [0.29, 0.717) is 0 Å². The molecule has 0 atom stereocenters. The number of aliphatic carboxylic acids is 2. The van der Waals surface area contributed by atoms with E-state index in [4.69, 9.17) is 33.9 Å². The number of alkyl halides is 6. The third-order valence-electron chi connectivity index (χ3n) is 7.20. The van der Waals surface area contributed by atoms with Crippen LogP contribution in [0.1, 0.15) is 24.2 Å². The van der Waals surface area contributed by atoms with E-state index < -0.39 is 24.3 Å². The van der Waals surface area contributed by atoms with Crippen molar-refractivity contribution in [3.63, 3.8) is 0 Å². The molecule has 1 aromatic carbocycles. The molecule has 16 heteroatoms. The molecule has 0 amide bonds. The van der Waals surface area contributed by atoms with Crippen molar-refractivity contribution in [3.8, 4) is 17.0 Å². The van der Waals surface area contributed by atoms with Crippen LogP contribution in [-0.2, 0) is 28.2 Å². The number of hydrogen-bond acceptors (Lipinski definition) is 7. The molecule has 4 heterocycles. The largest absolute Gasteiger partial charge is 0.497 e. The van der Waals surface area contributed by atoms with Crippen LogP contribution in [0.3, 0.4) is 0 Å². The molecule has 2 aliphatic heterocycles. The summed E-state index contributed by atoms with van der Waals surface area (Å²) in [6.45, 7) is 5.13. The molecule has 0 aliphatic carbocycles. The minimum absolute atomic E-state index is 0.0237. The first-order chi connectivity index (χ1) is 20.1. The Hall–Kier alpha value is -4.05. The van der Waals surface area contributed by atoms with Crippen molar-refractivity contribution in [2.75, 3.05) is 33.8 Å². The normalized spacial score (nSPS) is 16.7. The number of piperidine rings is 1. The minimum atomic E-state index is -5.08. The number of likely N-dealkylation sites (N-methyl/N-ethyl adjacent to an activating group) is 1. The Morgan fingerprint density at radius 1 is 0.953 bits per heavy atom. The predicted octanol–water partition coefficient (Wildman–Crippen LogP) is 4.86. The van der Waals surface area contributed by atoms with Crippen LogP contribution in [0.4, 0.5) is 26.3 Å². The van der Waals surface area contributed by atoms with Gasteiger partial charge in [0.1, 0.15) is 11.6 Å². The van der Waals surface area contributed by atoms with E-state index in [1.807, 2.05) is 18.4 Å². The Bertz CT molecular complexity index is 1320. The SMILES string of the molecule is COc1ccc(-c2cnc3n2CCN(C)C32CCN(Cc3ccoc3)CC2)cc1.O=C(O)C(F)(F)F.O=C(O)C(F)(F)F. The van der Waals surface area contributed by atoms with Crippen molar-refractivity contribution in [1.82, 2.24) is 19.4 Å². The Morgan fingerprint density at radius 2 is 1.51 bits per heavy atom. The van der Waals surface area contributed by atoms with Crippen LogP contribution in [0.5, 0.6) is 5.75 Å². The molecule has 5 rings (SSSR count). The number of carbonyl (C=O) groups is 2. The molecular weight excluding hydrogens is 590 g/mol. The van der Waals surface area contributed by atoms with E-state index in [1.165, 1.54) is 22.6 Å². The molecule has 2 aromatic heterocycles. The van der Waals surface area contributed by atoms with Gasteiger partial charge in [-0.15, -0.1) is 0 Å². The second-order valence-electron chi connectivity index (χ2n) is 9.81. The van der Waals surface area contributed by atoms with E-state index in [0.717, 1.165) is 51.3 Å². The summed E-state index contributed by atoms with van der Waals surface area (Å²) < 4.78 is 76.5. The lowest BCUT2D eigenvalue weighted by Crippen LogP contribution is -2.56. The Morgan fingerprint density at radius 3 is 1.98 bits per heavy atom. The first-order valence-electron chi connectivity index (χ1n) is 12.8. The quantitative estimate of drug-likeness (QED) is 0.394. The number of ether oxygens (including phenoxy) is 1. The van der Waals surface area contributed by atoms with E-state index >= 15 is 0 Å². The zero-order chi connectivity index (χ0) is 32.0. The van der Waals surface area contributed by atoms with Crippen molar-refractivity contribution >= 4 is 11.9 Å². The van der Waals surface area contributed by atoms with Gasteiger partial charge in [-0.05, 0) is 50.2 Å². The summed E-state index contributed by atoms with van der Waals surface area (Å²) in [5.74, 6) is -3.41. The summed E-state index contributed by atoms with van der Waals surface area (Å²) in [6, 6.07) is 10.4. The Labute approximate surface area is 242 Å². The molecule has 0 radical (unpaired) electrons. The van der Waals surface area contributed by atoms with Crippen molar-refractivity contribution in [3.05, 3.63) is 60.4 Å². The number of benzene rings is 1. The molecule has 0 bridgehead atoms. The average molecular weight is 621 g/mol. The molecule has 2 N–H and O–H groups in total. The van der Waals surface area contributed by atoms with Crippen molar-refractivity contribution in [1.29, 1.82) is 0 Å². The van der Waals surface area contributed by atoms with Crippen LogP contribution in [0.15, 0.2) is 53.5 Å². The number of likely N-dealkylation sites (tertiary alicyclic amines) is 1. The van der Waals surface area contributed by atoms with Crippen molar-refractivity contribution < 1.29 is 55.3 Å². The molecule has 236 valence electrons. The molecule has 0 unspecified atom stereocenters. The number of hydrogen-bond donors (Lipinski definition) is 2. The summed E-state index contributed by atoms with van der Waals surface area (Å²) in [5.41, 5.74) is 3.68. The summed E-state index contributed by atoms with van der Waals surface area (Å²) >= 11 is 0. The smallest absolute Gasteiger partial charge is 0.490 e. The predicted molar refractivity (Wildman–Crippen MR) is 139 cm³/mol. The zero-order valence-electron chi connectivity index (χ0n) is 23.2. The molecule has 1 spiro atoms. The number of rotatable bonds is 4. The topological polar surface area (TPSA) is 121 Å². The number of furan rings is 1. The Balaban J connectivity index is 0.000000303. The molecular formula is C27H30F6N4O6. The third kappa shape index (κ3) is 8.28. The van der Waals surface area contributed by atoms with Crippen LogP contribution in [0, 0.1) is 0 Å². The van der Waals surface area contributed by atoms with E-state index in [2.05, 4.69) is 45.8 Å². The number of aromatic nitrogens is 2. The van der Waals surface area contributed by atoms with Gasteiger partial charge in [-0.25, -0.2) is 14.6 Å². The molecule has 1 saturated heterocycles. The molecule has 3 aromatic rings. The van der Waals surface area contributed by atoms with Gasteiger partial charge in [0.05, 0.1) is 37.1 Å². The second kappa shape index (κ2) is 13.5. The number of carboxylic acids is 2. The van der Waals surface area contributed by atoms with E-state index in [1.54, 1.807) is 13.4 Å². The molecule has 2 aliphatic rings. The van der Waals surface area contributed by atoms with Gasteiger partial charge in [0.25, 0.3) is 0 Å². The van der Waals surface area contributed by atoms with Crippen molar-refractivity contribution in [2.24, 2.45) is 0 Å². The van der Waals surface area contributed by atoms with Gasteiger partial charge in [-0.3, -0.25) is 9.80 Å². The molecule has 1 fully saturated rings. The van der Waals surface area contributed by atoms with Gasteiger partial charge in [0, 0.05) is 43.9 Å². The van der Waals surface area contributed by atoms with Crippen LogP contribution in [0.25, 0.3) is 11.3 Å². The summed E-state index contributed by atoms with van der Waals surface area (Å²) in [6.07, 6.45) is -2.31. The van der Waals surface area contributed by atoms with Gasteiger partial charge in [0.15, 0.2) is 0 Å². The highest BCUT2D eigenvalue weighted by molar-refractivity contribution is 5.73. The third-order valence-corrected chi connectivity index (χ3v) is 7.20. The maximum Gasteiger partial charge on any atom is 0.490 e. The van der Waals surface area contributed by atoms with Gasteiger partial charge in [-0.2, -0.15) is 26.3 Å². The minimum Gasteiger partial charge on any atom is -0.497 e. The molecule has 10 nitrogen and oxygen atoms in total. The fourth-order valence-corrected chi connectivity index (χ4v) is 4.93.